The molecule has 1 aliphatic carbocycles. The summed E-state index contributed by atoms with van der Waals surface area (Å²) in [6, 6.07) is 8.66. The van der Waals surface area contributed by atoms with Crippen LogP contribution in [-0.4, -0.2) is 27.8 Å². The highest BCUT2D eigenvalue weighted by molar-refractivity contribution is 5.73. The Morgan fingerprint density at radius 2 is 2.20 bits per heavy atom. The summed E-state index contributed by atoms with van der Waals surface area (Å²) in [5.41, 5.74) is 8.00. The van der Waals surface area contributed by atoms with Crippen molar-refractivity contribution in [3.63, 3.8) is 0 Å². The van der Waals surface area contributed by atoms with Crippen LogP contribution in [-0.2, 0) is 0 Å². The van der Waals surface area contributed by atoms with E-state index in [1.807, 2.05) is 19.1 Å². The number of nitrogens with two attached hydrogens (primary N) is 1. The predicted octanol–water partition coefficient (Wildman–Crippen LogP) is 2.32. The number of H-pyrrole nitrogens is 1. The first-order chi connectivity index (χ1) is 9.78. The Bertz CT molecular complexity index is 577. The van der Waals surface area contributed by atoms with E-state index in [1.165, 1.54) is 19.3 Å². The Kier molecular flexibility index (Phi) is 3.69. The lowest BCUT2D eigenvalue weighted by atomic mass is 10.0. The van der Waals surface area contributed by atoms with Gasteiger partial charge in [-0.15, -0.1) is 0 Å². The quantitative estimate of drug-likeness (QED) is 0.797. The molecule has 2 atom stereocenters. The van der Waals surface area contributed by atoms with E-state index in [-0.39, 0.29) is 0 Å². The van der Waals surface area contributed by atoms with Gasteiger partial charge in [-0.25, -0.2) is 4.98 Å². The lowest BCUT2D eigenvalue weighted by Gasteiger charge is -2.22. The third kappa shape index (κ3) is 2.54. The molecular weight excluding hydrogens is 250 g/mol. The summed E-state index contributed by atoms with van der Waals surface area (Å²) in [6.45, 7) is 2.66. The molecule has 5 nitrogen and oxygen atoms in total. The van der Waals surface area contributed by atoms with Crippen molar-refractivity contribution in [2.24, 2.45) is 11.7 Å². The molecule has 20 heavy (non-hydrogen) atoms. The number of aromatic nitrogens is 3. The largest absolute Gasteiger partial charge is 0.381 e. The highest BCUT2D eigenvalue weighted by Gasteiger charge is 2.26. The zero-order valence-electron chi connectivity index (χ0n) is 11.8. The molecule has 1 fully saturated rings. The number of benzene rings is 1. The molecule has 0 radical (unpaired) electrons. The number of nitrogens with one attached hydrogen (secondary N) is 2. The molecule has 5 heteroatoms. The van der Waals surface area contributed by atoms with Gasteiger partial charge in [-0.1, -0.05) is 18.6 Å². The van der Waals surface area contributed by atoms with Crippen LogP contribution in [0.5, 0.6) is 0 Å². The number of hydrogen-bond donors (Lipinski definition) is 3. The predicted molar refractivity (Wildman–Crippen MR) is 80.4 cm³/mol. The van der Waals surface area contributed by atoms with Crippen LogP contribution in [0.2, 0.25) is 0 Å². The summed E-state index contributed by atoms with van der Waals surface area (Å²) in [5.74, 6) is 2.14. The molecule has 2 unspecified atom stereocenters. The molecule has 0 spiro atoms. The van der Waals surface area contributed by atoms with Crippen molar-refractivity contribution < 1.29 is 0 Å². The number of para-hydroxylation sites is 1. The first-order valence-electron chi connectivity index (χ1n) is 7.23. The van der Waals surface area contributed by atoms with Gasteiger partial charge in [0.1, 0.15) is 5.82 Å². The Labute approximate surface area is 119 Å². The Morgan fingerprint density at radius 1 is 1.35 bits per heavy atom. The van der Waals surface area contributed by atoms with E-state index >= 15 is 0 Å². The summed E-state index contributed by atoms with van der Waals surface area (Å²) in [4.78, 5) is 4.42. The van der Waals surface area contributed by atoms with Crippen LogP contribution >= 0.6 is 0 Å². The van der Waals surface area contributed by atoms with E-state index in [0.717, 1.165) is 29.4 Å². The number of nitrogens with zero attached hydrogens (tertiary/aromatic N) is 2. The van der Waals surface area contributed by atoms with Gasteiger partial charge in [0.25, 0.3) is 0 Å². The second kappa shape index (κ2) is 5.63. The van der Waals surface area contributed by atoms with Crippen molar-refractivity contribution in [2.75, 3.05) is 11.9 Å². The fourth-order valence-electron chi connectivity index (χ4n) is 2.98. The minimum atomic E-state index is 0.459. The maximum Gasteiger partial charge on any atom is 0.183 e. The number of rotatable bonds is 4. The molecule has 2 aromatic rings. The zero-order chi connectivity index (χ0) is 13.9. The summed E-state index contributed by atoms with van der Waals surface area (Å²) < 4.78 is 0. The van der Waals surface area contributed by atoms with E-state index in [1.54, 1.807) is 0 Å². The van der Waals surface area contributed by atoms with Crippen molar-refractivity contribution in [1.82, 2.24) is 15.2 Å². The second-order valence-electron chi connectivity index (χ2n) is 5.47. The molecule has 0 aliphatic heterocycles. The topological polar surface area (TPSA) is 79.6 Å². The van der Waals surface area contributed by atoms with Crippen molar-refractivity contribution in [1.29, 1.82) is 0 Å². The van der Waals surface area contributed by atoms with E-state index in [2.05, 4.69) is 32.6 Å². The molecule has 4 N–H and O–H groups in total. The first-order valence-corrected chi connectivity index (χ1v) is 7.23. The van der Waals surface area contributed by atoms with Crippen molar-refractivity contribution in [3.05, 3.63) is 30.1 Å². The number of aryl methyl sites for hydroxylation is 1. The molecule has 0 saturated heterocycles. The van der Waals surface area contributed by atoms with Crippen molar-refractivity contribution in [2.45, 2.75) is 32.2 Å². The van der Waals surface area contributed by atoms with Crippen LogP contribution in [0.4, 0.5) is 5.69 Å². The van der Waals surface area contributed by atoms with Gasteiger partial charge in [0.05, 0.1) is 0 Å². The third-order valence-corrected chi connectivity index (χ3v) is 4.07. The molecule has 1 saturated carbocycles. The standard InChI is InChI=1S/C15H21N5/c1-10-17-15(20-19-10)12-6-2-3-7-14(12)18-13-8-4-5-11(13)9-16/h2-3,6-7,11,13,18H,4-5,8-9,16H2,1H3,(H,17,19,20). The lowest BCUT2D eigenvalue weighted by Crippen LogP contribution is -2.29. The van der Waals surface area contributed by atoms with Gasteiger partial charge in [0, 0.05) is 17.3 Å². The van der Waals surface area contributed by atoms with Crippen LogP contribution in [0.1, 0.15) is 25.1 Å². The molecule has 1 heterocycles. The van der Waals surface area contributed by atoms with Crippen molar-refractivity contribution in [3.8, 4) is 11.4 Å². The van der Waals surface area contributed by atoms with Crippen molar-refractivity contribution >= 4 is 5.69 Å². The average Bonchev–Trinajstić information content (AvgIpc) is 3.08. The van der Waals surface area contributed by atoms with Gasteiger partial charge in [0.15, 0.2) is 5.82 Å². The van der Waals surface area contributed by atoms with Crippen LogP contribution in [0.15, 0.2) is 24.3 Å². The van der Waals surface area contributed by atoms with Gasteiger partial charge < -0.3 is 11.1 Å². The molecule has 0 amide bonds. The molecule has 3 rings (SSSR count). The molecule has 0 bridgehead atoms. The van der Waals surface area contributed by atoms with Gasteiger partial charge >= 0.3 is 0 Å². The van der Waals surface area contributed by atoms with E-state index in [0.29, 0.717) is 12.0 Å². The summed E-state index contributed by atoms with van der Waals surface area (Å²) in [7, 11) is 0. The normalized spacial score (nSPS) is 22.1. The second-order valence-corrected chi connectivity index (χ2v) is 5.47. The highest BCUT2D eigenvalue weighted by atomic mass is 15.2. The molecule has 1 aromatic heterocycles. The smallest absolute Gasteiger partial charge is 0.183 e. The van der Waals surface area contributed by atoms with Crippen LogP contribution in [0, 0.1) is 12.8 Å². The Hall–Kier alpha value is -1.88. The fraction of sp³-hybridized carbons (Fsp3) is 0.467. The van der Waals surface area contributed by atoms with Gasteiger partial charge in [-0.3, -0.25) is 5.10 Å². The molecule has 1 aliphatic rings. The van der Waals surface area contributed by atoms with Gasteiger partial charge in [-0.05, 0) is 44.4 Å². The van der Waals surface area contributed by atoms with Gasteiger partial charge in [-0.2, -0.15) is 5.10 Å². The molecule has 106 valence electrons. The SMILES string of the molecule is Cc1nc(-c2ccccc2NC2CCCC2CN)n[nH]1. The number of aromatic amines is 1. The lowest BCUT2D eigenvalue weighted by molar-refractivity contribution is 0.517. The minimum absolute atomic E-state index is 0.459. The maximum atomic E-state index is 5.86. The summed E-state index contributed by atoms with van der Waals surface area (Å²) in [5, 5.41) is 10.8. The summed E-state index contributed by atoms with van der Waals surface area (Å²) in [6.07, 6.45) is 3.65. The monoisotopic (exact) mass is 271 g/mol. The maximum absolute atomic E-state index is 5.86. The molecular formula is C15H21N5. The number of anilines is 1. The molecule has 1 aromatic carbocycles. The van der Waals surface area contributed by atoms with Gasteiger partial charge in [0.2, 0.25) is 0 Å². The van der Waals surface area contributed by atoms with E-state index < -0.39 is 0 Å². The third-order valence-electron chi connectivity index (χ3n) is 4.07. The fourth-order valence-corrected chi connectivity index (χ4v) is 2.98. The Morgan fingerprint density at radius 3 is 2.95 bits per heavy atom. The van der Waals surface area contributed by atoms with Crippen LogP contribution in [0.25, 0.3) is 11.4 Å². The summed E-state index contributed by atoms with van der Waals surface area (Å²) >= 11 is 0. The minimum Gasteiger partial charge on any atom is -0.381 e. The van der Waals surface area contributed by atoms with Crippen LogP contribution < -0.4 is 11.1 Å². The Balaban J connectivity index is 1.86. The van der Waals surface area contributed by atoms with E-state index in [9.17, 15) is 0 Å². The first kappa shape index (κ1) is 13.1. The number of hydrogen-bond acceptors (Lipinski definition) is 4. The van der Waals surface area contributed by atoms with E-state index in [4.69, 9.17) is 5.73 Å². The average molecular weight is 271 g/mol. The van der Waals surface area contributed by atoms with Crippen LogP contribution in [0.3, 0.4) is 0 Å². The zero-order valence-corrected chi connectivity index (χ0v) is 11.8. The highest BCUT2D eigenvalue weighted by Crippen LogP contribution is 2.31.